The van der Waals surface area contributed by atoms with Crippen LogP contribution in [-0.4, -0.2) is 26.6 Å². The minimum Gasteiger partial charge on any atom is -0.478 e. The Morgan fingerprint density at radius 3 is 2.53 bits per heavy atom. The molecule has 0 spiro atoms. The molecule has 1 heterocycles. The summed E-state index contributed by atoms with van der Waals surface area (Å²) in [6.45, 7) is 0. The highest BCUT2D eigenvalue weighted by Crippen LogP contribution is 2.20. The van der Waals surface area contributed by atoms with Crippen molar-refractivity contribution in [3.8, 4) is 0 Å². The zero-order chi connectivity index (χ0) is 14.0. The van der Waals surface area contributed by atoms with Crippen molar-refractivity contribution in [2.45, 2.75) is 0 Å². The van der Waals surface area contributed by atoms with Crippen LogP contribution < -0.4 is 5.32 Å². The first-order valence-corrected chi connectivity index (χ1v) is 5.63. The Morgan fingerprint density at radius 1 is 1.26 bits per heavy atom. The molecule has 0 aliphatic heterocycles. The van der Waals surface area contributed by atoms with E-state index in [-0.39, 0.29) is 11.4 Å². The molecule has 0 unspecified atom stereocenters. The summed E-state index contributed by atoms with van der Waals surface area (Å²) in [6.07, 6.45) is 0. The number of carboxylic acid groups (broad SMARTS) is 1. The van der Waals surface area contributed by atoms with E-state index in [0.29, 0.717) is 12.1 Å². The molecule has 0 saturated heterocycles. The molecule has 0 aliphatic carbocycles. The SMILES string of the molecule is O=C(Nc1cc(F)c(F)cc1C(=O)O)c1csnn1. The standard InChI is InChI=1S/C10H5F2N3O3S/c11-5-1-4(10(17)18)7(2-6(5)12)13-9(16)8-3-19-15-14-8/h1-3H,(H,13,16)(H,17,18). The third-order valence-electron chi connectivity index (χ3n) is 2.13. The fourth-order valence-electron chi connectivity index (χ4n) is 1.28. The fraction of sp³-hybridized carbons (Fsp3) is 0. The van der Waals surface area contributed by atoms with Crippen LogP contribution in [0, 0.1) is 11.6 Å². The normalized spacial score (nSPS) is 10.2. The maximum Gasteiger partial charge on any atom is 0.337 e. The summed E-state index contributed by atoms with van der Waals surface area (Å²) in [5, 5.41) is 15.8. The molecular formula is C10H5F2N3O3S. The minimum absolute atomic E-state index is 0.0499. The van der Waals surface area contributed by atoms with Crippen LogP contribution in [-0.2, 0) is 0 Å². The zero-order valence-corrected chi connectivity index (χ0v) is 9.87. The largest absolute Gasteiger partial charge is 0.478 e. The second-order valence-electron chi connectivity index (χ2n) is 3.36. The number of hydrogen-bond donors (Lipinski definition) is 2. The smallest absolute Gasteiger partial charge is 0.337 e. The third kappa shape index (κ3) is 2.71. The number of halogens is 2. The number of benzene rings is 1. The van der Waals surface area contributed by atoms with Gasteiger partial charge in [0.1, 0.15) is 0 Å². The van der Waals surface area contributed by atoms with Gasteiger partial charge < -0.3 is 10.4 Å². The molecular weight excluding hydrogens is 280 g/mol. The van der Waals surface area contributed by atoms with Crippen molar-refractivity contribution < 1.29 is 23.5 Å². The number of nitrogens with one attached hydrogen (secondary N) is 1. The summed E-state index contributed by atoms with van der Waals surface area (Å²) in [7, 11) is 0. The third-order valence-corrected chi connectivity index (χ3v) is 2.64. The molecule has 19 heavy (non-hydrogen) atoms. The predicted molar refractivity (Wildman–Crippen MR) is 61.2 cm³/mol. The zero-order valence-electron chi connectivity index (χ0n) is 9.05. The van der Waals surface area contributed by atoms with Gasteiger partial charge in [-0.05, 0) is 17.6 Å². The van der Waals surface area contributed by atoms with Crippen molar-refractivity contribution in [2.75, 3.05) is 5.32 Å². The number of hydrogen-bond acceptors (Lipinski definition) is 5. The van der Waals surface area contributed by atoms with Gasteiger partial charge in [0.05, 0.1) is 11.3 Å². The molecule has 2 N–H and O–H groups in total. The topological polar surface area (TPSA) is 92.2 Å². The van der Waals surface area contributed by atoms with Crippen LogP contribution in [0.25, 0.3) is 0 Å². The van der Waals surface area contributed by atoms with Gasteiger partial charge in [0.25, 0.3) is 5.91 Å². The monoisotopic (exact) mass is 285 g/mol. The highest BCUT2D eigenvalue weighted by Gasteiger charge is 2.18. The minimum atomic E-state index is -1.49. The molecule has 1 aromatic heterocycles. The van der Waals surface area contributed by atoms with E-state index >= 15 is 0 Å². The Hall–Kier alpha value is -2.42. The lowest BCUT2D eigenvalue weighted by Crippen LogP contribution is -2.16. The lowest BCUT2D eigenvalue weighted by molar-refractivity contribution is 0.0697. The first kappa shape index (κ1) is 13.0. The lowest BCUT2D eigenvalue weighted by atomic mass is 10.1. The molecule has 0 radical (unpaired) electrons. The van der Waals surface area contributed by atoms with Crippen molar-refractivity contribution in [1.29, 1.82) is 0 Å². The molecule has 2 aromatic rings. The number of rotatable bonds is 3. The number of aromatic carboxylic acids is 1. The van der Waals surface area contributed by atoms with Crippen LogP contribution in [0.4, 0.5) is 14.5 Å². The molecule has 1 aromatic carbocycles. The average Bonchev–Trinajstić information content (AvgIpc) is 2.86. The summed E-state index contributed by atoms with van der Waals surface area (Å²) in [5.41, 5.74) is -0.967. The van der Waals surface area contributed by atoms with Gasteiger partial charge in [-0.1, -0.05) is 4.49 Å². The number of carbonyl (C=O) groups excluding carboxylic acids is 1. The van der Waals surface area contributed by atoms with Gasteiger partial charge in [0.15, 0.2) is 17.3 Å². The van der Waals surface area contributed by atoms with Gasteiger partial charge in [0, 0.05) is 11.4 Å². The number of carboxylic acids is 1. The molecule has 9 heteroatoms. The van der Waals surface area contributed by atoms with Crippen LogP contribution in [0.15, 0.2) is 17.5 Å². The van der Waals surface area contributed by atoms with Gasteiger partial charge in [-0.25, -0.2) is 13.6 Å². The summed E-state index contributed by atoms with van der Waals surface area (Å²) in [5.74, 6) is -4.84. The van der Waals surface area contributed by atoms with E-state index in [0.717, 1.165) is 11.5 Å². The summed E-state index contributed by atoms with van der Waals surface area (Å²) < 4.78 is 29.5. The summed E-state index contributed by atoms with van der Waals surface area (Å²) >= 11 is 0.922. The molecule has 0 bridgehead atoms. The Bertz CT molecular complexity index is 646. The maximum absolute atomic E-state index is 13.1. The van der Waals surface area contributed by atoms with E-state index in [9.17, 15) is 18.4 Å². The Morgan fingerprint density at radius 2 is 1.95 bits per heavy atom. The number of amides is 1. The highest BCUT2D eigenvalue weighted by atomic mass is 32.1. The molecule has 0 aliphatic rings. The summed E-state index contributed by atoms with van der Waals surface area (Å²) in [6, 6.07) is 1.09. The van der Waals surface area contributed by atoms with Gasteiger partial charge in [0.2, 0.25) is 0 Å². The summed E-state index contributed by atoms with van der Waals surface area (Å²) in [4.78, 5) is 22.5. The van der Waals surface area contributed by atoms with Crippen molar-refractivity contribution in [3.63, 3.8) is 0 Å². The molecule has 0 atom stereocenters. The van der Waals surface area contributed by atoms with E-state index in [2.05, 4.69) is 14.9 Å². The second kappa shape index (κ2) is 5.06. The van der Waals surface area contributed by atoms with Gasteiger partial charge >= 0.3 is 5.97 Å². The Balaban J connectivity index is 2.36. The number of aromatic nitrogens is 2. The molecule has 0 saturated carbocycles. The van der Waals surface area contributed by atoms with Gasteiger partial charge in [-0.15, -0.1) is 5.10 Å². The van der Waals surface area contributed by atoms with E-state index in [1.165, 1.54) is 5.38 Å². The van der Waals surface area contributed by atoms with Crippen molar-refractivity contribution in [1.82, 2.24) is 9.59 Å². The first-order valence-electron chi connectivity index (χ1n) is 4.80. The average molecular weight is 285 g/mol. The van der Waals surface area contributed by atoms with Crippen LogP contribution in [0.5, 0.6) is 0 Å². The van der Waals surface area contributed by atoms with Crippen molar-refractivity contribution >= 4 is 29.1 Å². The Labute approximate surface area is 108 Å². The predicted octanol–water partition coefficient (Wildman–Crippen LogP) is 1.77. The van der Waals surface area contributed by atoms with Crippen LogP contribution >= 0.6 is 11.5 Å². The number of nitrogens with zero attached hydrogens (tertiary/aromatic N) is 2. The Kier molecular flexibility index (Phi) is 3.47. The van der Waals surface area contributed by atoms with E-state index < -0.39 is 29.1 Å². The quantitative estimate of drug-likeness (QED) is 0.896. The first-order chi connectivity index (χ1) is 8.99. The number of anilines is 1. The molecule has 0 fully saturated rings. The molecule has 98 valence electrons. The van der Waals surface area contributed by atoms with Crippen LogP contribution in [0.2, 0.25) is 0 Å². The van der Waals surface area contributed by atoms with Gasteiger partial charge in [-0.3, -0.25) is 4.79 Å². The molecule has 6 nitrogen and oxygen atoms in total. The molecule has 1 amide bonds. The van der Waals surface area contributed by atoms with Crippen molar-refractivity contribution in [2.24, 2.45) is 0 Å². The maximum atomic E-state index is 13.1. The molecule has 2 rings (SSSR count). The van der Waals surface area contributed by atoms with Crippen LogP contribution in [0.3, 0.4) is 0 Å². The van der Waals surface area contributed by atoms with Crippen LogP contribution in [0.1, 0.15) is 20.8 Å². The highest BCUT2D eigenvalue weighted by molar-refractivity contribution is 7.03. The van der Waals surface area contributed by atoms with Crippen molar-refractivity contribution in [3.05, 3.63) is 40.4 Å². The van der Waals surface area contributed by atoms with E-state index in [4.69, 9.17) is 5.11 Å². The lowest BCUT2D eigenvalue weighted by Gasteiger charge is -2.07. The van der Waals surface area contributed by atoms with E-state index in [1.807, 2.05) is 0 Å². The van der Waals surface area contributed by atoms with Gasteiger partial charge in [-0.2, -0.15) is 0 Å². The van der Waals surface area contributed by atoms with E-state index in [1.54, 1.807) is 0 Å². The second-order valence-corrected chi connectivity index (χ2v) is 3.97. The number of carbonyl (C=O) groups is 2. The fourth-order valence-corrected chi connectivity index (χ4v) is 1.71.